The maximum Gasteiger partial charge on any atom is 0.694 e. The van der Waals surface area contributed by atoms with Gasteiger partial charge >= 0.3 is 8.25 Å². The summed E-state index contributed by atoms with van der Waals surface area (Å²) in [5, 5.41) is 14.4. The quantitative estimate of drug-likeness (QED) is 0.0547. The second-order valence-electron chi connectivity index (χ2n) is 10.0. The Kier molecular flexibility index (Phi) is 11.7. The lowest BCUT2D eigenvalue weighted by atomic mass is 9.88. The Morgan fingerprint density at radius 1 is 1.02 bits per heavy atom. The number of phenols is 1. The van der Waals surface area contributed by atoms with Crippen molar-refractivity contribution in [3.63, 3.8) is 0 Å². The third-order valence-electron chi connectivity index (χ3n) is 7.14. The highest BCUT2D eigenvalue weighted by molar-refractivity contribution is 7.32. The summed E-state index contributed by atoms with van der Waals surface area (Å²) in [7, 11) is -2.58. The second-order valence-corrected chi connectivity index (χ2v) is 12.4. The molecule has 1 amide bonds. The molecule has 0 spiro atoms. The molecule has 1 atom stereocenters. The van der Waals surface area contributed by atoms with E-state index in [1.165, 1.54) is 18.2 Å². The van der Waals surface area contributed by atoms with Gasteiger partial charge in [-0.2, -0.15) is 0 Å². The van der Waals surface area contributed by atoms with Crippen LogP contribution >= 0.6 is 54.7 Å². The van der Waals surface area contributed by atoms with Crippen molar-refractivity contribution in [3.8, 4) is 28.2 Å². The summed E-state index contributed by atoms with van der Waals surface area (Å²) < 4.78 is 21.2. The number of nitrogens with one attached hydrogen (secondary N) is 1. The topological polar surface area (TPSA) is 143 Å². The van der Waals surface area contributed by atoms with Crippen molar-refractivity contribution < 1.29 is 33.1 Å². The van der Waals surface area contributed by atoms with Crippen LogP contribution in [0.25, 0.3) is 33.4 Å². The fraction of sp³-hybridized carbons (Fsp3) is 0.300. The predicted molar refractivity (Wildman–Crippen MR) is 172 cm³/mol. The SMILES string of the molecule is Cc1c2oc3c(Cl)c(O)c(CCC(=O)NCCCCCCO[P+](=O)O)cc3c(-c3cc(Cl)c(Cl)cc3C=O)c-2cc(Cl)c1=O. The van der Waals surface area contributed by atoms with E-state index in [9.17, 15) is 24.1 Å². The van der Waals surface area contributed by atoms with E-state index >= 15 is 0 Å². The molecule has 232 valence electrons. The highest BCUT2D eigenvalue weighted by atomic mass is 35.5. The standard InChI is InChI=1S/C30H26Cl4NO8P/c1-15-27(38)23(33)13-20-25(18-12-22(32)21(31)11-17(18)14-36)19-10-16(28(39)26(34)30(19)43-29(15)20)6-7-24(37)35-8-4-2-3-5-9-42-44(40)41/h10-14H,2-9H2,1H3,(H2-,35,37,38,39,40,41)/p+1. The van der Waals surface area contributed by atoms with Crippen LogP contribution in [0.2, 0.25) is 20.1 Å². The highest BCUT2D eigenvalue weighted by Gasteiger charge is 2.27. The monoisotopic (exact) mass is 700 g/mol. The van der Waals surface area contributed by atoms with Crippen LogP contribution in [0.4, 0.5) is 0 Å². The first kappa shape index (κ1) is 34.1. The number of aldehydes is 1. The van der Waals surface area contributed by atoms with Gasteiger partial charge in [0.05, 0.1) is 15.1 Å². The van der Waals surface area contributed by atoms with E-state index in [-0.39, 0.29) is 73.7 Å². The summed E-state index contributed by atoms with van der Waals surface area (Å²) in [6.45, 7) is 2.19. The number of unbranched alkanes of at least 4 members (excludes halogenated alkanes) is 3. The lowest BCUT2D eigenvalue weighted by molar-refractivity contribution is -0.121. The van der Waals surface area contributed by atoms with Gasteiger partial charge in [0.2, 0.25) is 11.3 Å². The van der Waals surface area contributed by atoms with Crippen LogP contribution in [-0.4, -0.2) is 35.3 Å². The lowest BCUT2D eigenvalue weighted by Gasteiger charge is -2.20. The number of aromatic hydroxyl groups is 1. The molecule has 0 radical (unpaired) electrons. The minimum atomic E-state index is -2.58. The maximum atomic E-state index is 12.7. The van der Waals surface area contributed by atoms with E-state index in [0.29, 0.717) is 46.9 Å². The average Bonchev–Trinajstić information content (AvgIpc) is 2.98. The Balaban J connectivity index is 1.68. The Hall–Kier alpha value is -2.75. The van der Waals surface area contributed by atoms with Crippen molar-refractivity contribution in [2.24, 2.45) is 0 Å². The molecule has 0 fully saturated rings. The Morgan fingerprint density at radius 3 is 2.41 bits per heavy atom. The van der Waals surface area contributed by atoms with Crippen molar-refractivity contribution in [1.29, 1.82) is 0 Å². The first-order valence-electron chi connectivity index (χ1n) is 13.5. The van der Waals surface area contributed by atoms with E-state index in [0.717, 1.165) is 19.3 Å². The van der Waals surface area contributed by atoms with Gasteiger partial charge in [-0.3, -0.25) is 14.4 Å². The van der Waals surface area contributed by atoms with E-state index < -0.39 is 13.7 Å². The van der Waals surface area contributed by atoms with Crippen LogP contribution in [-0.2, 0) is 20.3 Å². The molecule has 1 aliphatic carbocycles. The van der Waals surface area contributed by atoms with Gasteiger partial charge in [0.15, 0.2) is 11.9 Å². The number of rotatable bonds is 13. The van der Waals surface area contributed by atoms with Crippen molar-refractivity contribution in [3.05, 3.63) is 71.3 Å². The van der Waals surface area contributed by atoms with Crippen LogP contribution in [0.3, 0.4) is 0 Å². The number of aryl methyl sites for hydroxylation is 1. The number of hydrogen-bond donors (Lipinski definition) is 3. The van der Waals surface area contributed by atoms with Gasteiger partial charge in [-0.1, -0.05) is 59.2 Å². The molecule has 4 rings (SSSR count). The third kappa shape index (κ3) is 7.54. The number of halogens is 4. The zero-order chi connectivity index (χ0) is 32.1. The molecule has 0 aromatic heterocycles. The molecule has 1 unspecified atom stereocenters. The molecule has 1 heterocycles. The molecule has 0 bridgehead atoms. The molecule has 2 aliphatic rings. The molecule has 1 aliphatic heterocycles. The van der Waals surface area contributed by atoms with Crippen molar-refractivity contribution in [2.75, 3.05) is 13.2 Å². The van der Waals surface area contributed by atoms with Gasteiger partial charge < -0.3 is 14.8 Å². The zero-order valence-electron chi connectivity index (χ0n) is 23.3. The van der Waals surface area contributed by atoms with Gasteiger partial charge in [-0.05, 0) is 61.6 Å². The minimum absolute atomic E-state index is 0.0453. The number of hydrogen-bond acceptors (Lipinski definition) is 7. The summed E-state index contributed by atoms with van der Waals surface area (Å²) in [6, 6.07) is 6.00. The van der Waals surface area contributed by atoms with Crippen LogP contribution in [0, 0.1) is 6.92 Å². The Labute approximate surface area is 273 Å². The maximum absolute atomic E-state index is 12.7. The lowest BCUT2D eigenvalue weighted by Crippen LogP contribution is -2.24. The summed E-state index contributed by atoms with van der Waals surface area (Å²) in [6.07, 6.45) is 3.75. The van der Waals surface area contributed by atoms with Crippen LogP contribution in [0.15, 0.2) is 33.5 Å². The van der Waals surface area contributed by atoms with Crippen LogP contribution < -0.4 is 10.7 Å². The number of benzene rings is 3. The van der Waals surface area contributed by atoms with Crippen LogP contribution in [0.1, 0.15) is 53.6 Å². The second kappa shape index (κ2) is 15.0. The van der Waals surface area contributed by atoms with Crippen molar-refractivity contribution in [1.82, 2.24) is 5.32 Å². The van der Waals surface area contributed by atoms with Gasteiger partial charge in [0, 0.05) is 45.2 Å². The largest absolute Gasteiger partial charge is 0.694 e. The summed E-state index contributed by atoms with van der Waals surface area (Å²) in [5.74, 6) is -0.357. The number of phenolic OH excluding ortho intramolecular Hbond substituents is 1. The van der Waals surface area contributed by atoms with E-state index in [1.54, 1.807) is 13.0 Å². The number of carbonyl (C=O) groups excluding carboxylic acids is 2. The predicted octanol–water partition coefficient (Wildman–Crippen LogP) is 8.28. The molecule has 9 nitrogen and oxygen atoms in total. The molecule has 14 heteroatoms. The smallest absolute Gasteiger partial charge is 0.506 e. The first-order valence-corrected chi connectivity index (χ1v) is 16.2. The first-order chi connectivity index (χ1) is 20.9. The van der Waals surface area contributed by atoms with Gasteiger partial charge in [0.1, 0.15) is 23.1 Å². The average molecular weight is 702 g/mol. The van der Waals surface area contributed by atoms with E-state index in [2.05, 4.69) is 9.84 Å². The Morgan fingerprint density at radius 2 is 1.70 bits per heavy atom. The summed E-state index contributed by atoms with van der Waals surface area (Å²) in [5.41, 5.74) is 1.57. The molecule has 0 saturated heterocycles. The molecule has 2 aromatic rings. The van der Waals surface area contributed by atoms with Gasteiger partial charge in [-0.15, -0.1) is 9.42 Å². The molecule has 0 saturated carbocycles. The normalized spacial score (nSPS) is 11.7. The van der Waals surface area contributed by atoms with E-state index in [4.69, 9.17) is 55.7 Å². The molecule has 2 aromatic carbocycles. The molecule has 3 N–H and O–H groups in total. The number of amides is 1. The Bertz CT molecular complexity index is 1790. The summed E-state index contributed by atoms with van der Waals surface area (Å²) in [4.78, 5) is 46.0. The van der Waals surface area contributed by atoms with Gasteiger partial charge in [-0.25, -0.2) is 0 Å². The third-order valence-corrected chi connectivity index (χ3v) is 8.89. The van der Waals surface area contributed by atoms with Crippen molar-refractivity contribution >= 4 is 77.8 Å². The van der Waals surface area contributed by atoms with Gasteiger partial charge in [0.25, 0.3) is 0 Å². The fourth-order valence-electron chi connectivity index (χ4n) is 4.91. The van der Waals surface area contributed by atoms with E-state index in [1.807, 2.05) is 0 Å². The molecular weight excluding hydrogens is 675 g/mol. The summed E-state index contributed by atoms with van der Waals surface area (Å²) >= 11 is 25.5. The van der Waals surface area contributed by atoms with Crippen molar-refractivity contribution in [2.45, 2.75) is 45.4 Å². The fourth-order valence-corrected chi connectivity index (χ4v) is 6.05. The molecular formula is C30H27Cl4NO8P+. The zero-order valence-corrected chi connectivity index (χ0v) is 27.3. The van der Waals surface area contributed by atoms with Crippen LogP contribution in [0.5, 0.6) is 5.75 Å². The number of carbonyl (C=O) groups is 2. The number of fused-ring (bicyclic) bond motifs is 2. The molecule has 44 heavy (non-hydrogen) atoms. The highest BCUT2D eigenvalue weighted by Crippen LogP contribution is 2.48. The minimum Gasteiger partial charge on any atom is -0.506 e.